The van der Waals surface area contributed by atoms with Gasteiger partial charge >= 0.3 is 5.97 Å². The van der Waals surface area contributed by atoms with Crippen LogP contribution in [0.3, 0.4) is 0 Å². The van der Waals surface area contributed by atoms with Gasteiger partial charge in [0.2, 0.25) is 10.0 Å². The van der Waals surface area contributed by atoms with E-state index in [-0.39, 0.29) is 11.3 Å². The summed E-state index contributed by atoms with van der Waals surface area (Å²) in [5, 5.41) is 0. The van der Waals surface area contributed by atoms with Crippen molar-refractivity contribution in [3.05, 3.63) is 63.7 Å². The van der Waals surface area contributed by atoms with Crippen LogP contribution < -0.4 is 4.72 Å². The molecule has 2 rings (SSSR count). The zero-order valence-corrected chi connectivity index (χ0v) is 15.4. The first-order chi connectivity index (χ1) is 10.9. The van der Waals surface area contributed by atoms with Gasteiger partial charge in [-0.25, -0.2) is 8.42 Å². The fraction of sp³-hybridized carbons (Fsp3) is 0.188. The van der Waals surface area contributed by atoms with E-state index in [1.54, 1.807) is 12.1 Å². The summed E-state index contributed by atoms with van der Waals surface area (Å²) in [5.74, 6) is -0.622. The highest BCUT2D eigenvalue weighted by molar-refractivity contribution is 14.1. The molecule has 2 aromatic rings. The van der Waals surface area contributed by atoms with Crippen LogP contribution in [0.15, 0.2) is 59.5 Å². The molecule has 23 heavy (non-hydrogen) atoms. The summed E-state index contributed by atoms with van der Waals surface area (Å²) in [5.41, 5.74) is 0.841. The fourth-order valence-corrected chi connectivity index (χ4v) is 3.58. The lowest BCUT2D eigenvalue weighted by molar-refractivity contribution is -0.142. The number of hydrogen-bond acceptors (Lipinski definition) is 4. The second-order valence-corrected chi connectivity index (χ2v) is 7.80. The molecule has 122 valence electrons. The number of carbonyl (C=O) groups excluding carboxylic acids is 1. The second kappa shape index (κ2) is 7.89. The molecule has 5 nitrogen and oxygen atoms in total. The molecule has 7 heteroatoms. The minimum Gasteiger partial charge on any atom is -0.468 e. The van der Waals surface area contributed by atoms with Crippen molar-refractivity contribution in [2.45, 2.75) is 17.4 Å². The normalized spacial score (nSPS) is 12.6. The molecule has 0 spiro atoms. The van der Waals surface area contributed by atoms with Crippen LogP contribution in [0.1, 0.15) is 5.56 Å². The Bertz CT molecular complexity index is 760. The molecule has 1 unspecified atom stereocenters. The number of ether oxygens (including phenoxy) is 1. The van der Waals surface area contributed by atoms with Gasteiger partial charge in [0.1, 0.15) is 6.04 Å². The van der Waals surface area contributed by atoms with E-state index < -0.39 is 22.0 Å². The minimum absolute atomic E-state index is 0.111. The Hall–Kier alpha value is -1.45. The first-order valence-electron chi connectivity index (χ1n) is 6.82. The lowest BCUT2D eigenvalue weighted by Crippen LogP contribution is -2.42. The van der Waals surface area contributed by atoms with E-state index in [1.807, 2.05) is 30.3 Å². The number of benzene rings is 2. The Morgan fingerprint density at radius 1 is 1.13 bits per heavy atom. The van der Waals surface area contributed by atoms with Gasteiger partial charge in [0.25, 0.3) is 0 Å². The highest BCUT2D eigenvalue weighted by Crippen LogP contribution is 2.14. The van der Waals surface area contributed by atoms with Crippen LogP contribution in [0.2, 0.25) is 0 Å². The van der Waals surface area contributed by atoms with E-state index in [1.165, 1.54) is 19.2 Å². The predicted molar refractivity (Wildman–Crippen MR) is 95.4 cm³/mol. The molecule has 2 aromatic carbocycles. The summed E-state index contributed by atoms with van der Waals surface area (Å²) < 4.78 is 33.0. The molecule has 0 aliphatic heterocycles. The van der Waals surface area contributed by atoms with Crippen molar-refractivity contribution in [2.24, 2.45) is 0 Å². The summed E-state index contributed by atoms with van der Waals surface area (Å²) in [6.07, 6.45) is 0.219. The van der Waals surface area contributed by atoms with Crippen molar-refractivity contribution in [3.8, 4) is 0 Å². The van der Waals surface area contributed by atoms with Crippen molar-refractivity contribution in [1.29, 1.82) is 0 Å². The molecule has 0 saturated heterocycles. The van der Waals surface area contributed by atoms with Gasteiger partial charge in [0.05, 0.1) is 12.0 Å². The molecular formula is C16H16INO4S. The molecule has 0 radical (unpaired) electrons. The number of carbonyl (C=O) groups is 1. The highest BCUT2D eigenvalue weighted by Gasteiger charge is 2.26. The quantitative estimate of drug-likeness (QED) is 0.548. The molecule has 0 aliphatic rings. The Morgan fingerprint density at radius 2 is 1.74 bits per heavy atom. The van der Waals surface area contributed by atoms with E-state index in [0.717, 1.165) is 9.13 Å². The number of rotatable bonds is 6. The van der Waals surface area contributed by atoms with E-state index in [4.69, 9.17) is 4.74 Å². The van der Waals surface area contributed by atoms with Crippen LogP contribution in [-0.2, 0) is 26.0 Å². The minimum atomic E-state index is -3.81. The standard InChI is InChI=1S/C16H16INO4S/c1-22-16(19)15(11-12-5-3-2-4-6-12)18-23(20,21)14-9-7-13(17)8-10-14/h2-10,15,18H,11H2,1H3. The number of methoxy groups -OCH3 is 1. The van der Waals surface area contributed by atoms with Crippen LogP contribution in [0.25, 0.3) is 0 Å². The smallest absolute Gasteiger partial charge is 0.324 e. The van der Waals surface area contributed by atoms with Gasteiger partial charge in [-0.3, -0.25) is 4.79 Å². The molecule has 0 fully saturated rings. The average molecular weight is 445 g/mol. The SMILES string of the molecule is COC(=O)C(Cc1ccccc1)NS(=O)(=O)c1ccc(I)cc1. The molecule has 1 N–H and O–H groups in total. The van der Waals surface area contributed by atoms with Crippen molar-refractivity contribution >= 4 is 38.6 Å². The molecule has 1 atom stereocenters. The Kier molecular flexibility index (Phi) is 6.14. The number of hydrogen-bond donors (Lipinski definition) is 1. The Morgan fingerprint density at radius 3 is 2.30 bits per heavy atom. The van der Waals surface area contributed by atoms with Gasteiger partial charge in [-0.15, -0.1) is 0 Å². The van der Waals surface area contributed by atoms with Crippen molar-refractivity contribution in [1.82, 2.24) is 4.72 Å². The molecule has 0 saturated carbocycles. The third-order valence-corrected chi connectivity index (χ3v) is 5.40. The lowest BCUT2D eigenvalue weighted by Gasteiger charge is -2.17. The zero-order chi connectivity index (χ0) is 16.9. The maximum Gasteiger partial charge on any atom is 0.324 e. The first kappa shape index (κ1) is 17.9. The van der Waals surface area contributed by atoms with Crippen LogP contribution in [-0.4, -0.2) is 27.5 Å². The molecule has 0 heterocycles. The summed E-state index contributed by atoms with van der Waals surface area (Å²) >= 11 is 2.09. The van der Waals surface area contributed by atoms with Crippen LogP contribution in [0, 0.1) is 3.57 Å². The third kappa shape index (κ3) is 5.02. The van der Waals surface area contributed by atoms with Crippen molar-refractivity contribution in [3.63, 3.8) is 0 Å². The zero-order valence-electron chi connectivity index (χ0n) is 12.4. The summed E-state index contributed by atoms with van der Waals surface area (Å²) in [6, 6.07) is 14.6. The van der Waals surface area contributed by atoms with Gasteiger partial charge in [0, 0.05) is 3.57 Å². The average Bonchev–Trinajstić information content (AvgIpc) is 2.54. The maximum atomic E-state index is 12.4. The molecule has 0 aliphatic carbocycles. The van der Waals surface area contributed by atoms with Gasteiger partial charge in [-0.2, -0.15) is 4.72 Å². The van der Waals surface area contributed by atoms with Gasteiger partial charge in [0.15, 0.2) is 0 Å². The fourth-order valence-electron chi connectivity index (χ4n) is 2.03. The second-order valence-electron chi connectivity index (χ2n) is 4.84. The third-order valence-electron chi connectivity index (χ3n) is 3.19. The van der Waals surface area contributed by atoms with Crippen LogP contribution >= 0.6 is 22.6 Å². The number of esters is 1. The molecule has 0 aromatic heterocycles. The topological polar surface area (TPSA) is 72.5 Å². The summed E-state index contributed by atoms with van der Waals surface area (Å²) in [4.78, 5) is 12.0. The number of nitrogens with one attached hydrogen (secondary N) is 1. The van der Waals surface area contributed by atoms with Gasteiger partial charge < -0.3 is 4.74 Å². The number of sulfonamides is 1. The predicted octanol–water partition coefficient (Wildman–Crippen LogP) is 2.35. The van der Waals surface area contributed by atoms with Crippen LogP contribution in [0.4, 0.5) is 0 Å². The van der Waals surface area contributed by atoms with E-state index in [9.17, 15) is 13.2 Å². The maximum absolute atomic E-state index is 12.4. The monoisotopic (exact) mass is 445 g/mol. The van der Waals surface area contributed by atoms with Gasteiger partial charge in [-0.05, 0) is 58.8 Å². The van der Waals surface area contributed by atoms with E-state index in [0.29, 0.717) is 0 Å². The van der Waals surface area contributed by atoms with Gasteiger partial charge in [-0.1, -0.05) is 30.3 Å². The van der Waals surface area contributed by atoms with E-state index >= 15 is 0 Å². The largest absolute Gasteiger partial charge is 0.468 e. The Balaban J connectivity index is 2.23. The lowest BCUT2D eigenvalue weighted by atomic mass is 10.1. The Labute approximate surface area is 149 Å². The summed E-state index contributed by atoms with van der Waals surface area (Å²) in [6.45, 7) is 0. The van der Waals surface area contributed by atoms with Crippen molar-refractivity contribution < 1.29 is 17.9 Å². The van der Waals surface area contributed by atoms with Crippen molar-refractivity contribution in [2.75, 3.05) is 7.11 Å². The first-order valence-corrected chi connectivity index (χ1v) is 9.38. The number of halogens is 1. The summed E-state index contributed by atoms with van der Waals surface area (Å²) in [7, 11) is -2.57. The molecule has 0 bridgehead atoms. The van der Waals surface area contributed by atoms with E-state index in [2.05, 4.69) is 27.3 Å². The highest BCUT2D eigenvalue weighted by atomic mass is 127. The van der Waals surface area contributed by atoms with Crippen LogP contribution in [0.5, 0.6) is 0 Å². The molecular weight excluding hydrogens is 429 g/mol. The molecule has 0 amide bonds.